The third-order valence-electron chi connectivity index (χ3n) is 2.39. The van der Waals surface area contributed by atoms with E-state index in [9.17, 15) is 4.79 Å². The Hall–Kier alpha value is -1.38. The number of carbonyl (C=O) groups excluding carboxylic acids is 1. The second-order valence-corrected chi connectivity index (χ2v) is 4.37. The average molecular weight is 266 g/mol. The van der Waals surface area contributed by atoms with E-state index in [1.807, 2.05) is 12.1 Å². The van der Waals surface area contributed by atoms with Gasteiger partial charge in [0.05, 0.1) is 10.0 Å². The maximum absolute atomic E-state index is 11.1. The lowest BCUT2D eigenvalue weighted by atomic mass is 10.1. The largest absolute Gasteiger partial charge is 0.293 e. The van der Waals surface area contributed by atoms with Gasteiger partial charge in [-0.1, -0.05) is 41.4 Å². The van der Waals surface area contributed by atoms with Crippen molar-refractivity contribution in [3.8, 4) is 11.1 Å². The fourth-order valence-corrected chi connectivity index (χ4v) is 1.90. The SMILES string of the molecule is CC(=O)c1ccc(-c2cccc(Cl)c2Cl)cn1. The quantitative estimate of drug-likeness (QED) is 0.760. The molecule has 2 rings (SSSR count). The van der Waals surface area contributed by atoms with Gasteiger partial charge in [-0.2, -0.15) is 0 Å². The molecule has 0 fully saturated rings. The number of hydrogen-bond acceptors (Lipinski definition) is 2. The summed E-state index contributed by atoms with van der Waals surface area (Å²) < 4.78 is 0. The fraction of sp³-hybridized carbons (Fsp3) is 0.0769. The Balaban J connectivity index is 2.47. The molecule has 2 nitrogen and oxygen atoms in total. The number of hydrogen-bond donors (Lipinski definition) is 0. The molecular formula is C13H9Cl2NO. The maximum atomic E-state index is 11.1. The molecule has 0 aliphatic heterocycles. The molecule has 0 amide bonds. The van der Waals surface area contributed by atoms with Crippen LogP contribution < -0.4 is 0 Å². The predicted octanol–water partition coefficient (Wildman–Crippen LogP) is 4.26. The van der Waals surface area contributed by atoms with Crippen LogP contribution in [0.1, 0.15) is 17.4 Å². The smallest absolute Gasteiger partial charge is 0.178 e. The van der Waals surface area contributed by atoms with Crippen LogP contribution in [-0.4, -0.2) is 10.8 Å². The molecule has 86 valence electrons. The number of halogens is 2. The standard InChI is InChI=1S/C13H9Cl2NO/c1-8(17)12-6-5-9(7-16-12)10-3-2-4-11(14)13(10)15/h2-7H,1H3. The van der Waals surface area contributed by atoms with Gasteiger partial charge >= 0.3 is 0 Å². The van der Waals surface area contributed by atoms with E-state index in [1.54, 1.807) is 24.4 Å². The van der Waals surface area contributed by atoms with E-state index < -0.39 is 0 Å². The molecular weight excluding hydrogens is 257 g/mol. The summed E-state index contributed by atoms with van der Waals surface area (Å²) >= 11 is 12.0. The maximum Gasteiger partial charge on any atom is 0.178 e. The van der Waals surface area contributed by atoms with E-state index in [2.05, 4.69) is 4.98 Å². The first kappa shape index (κ1) is 12.1. The number of rotatable bonds is 2. The first-order chi connectivity index (χ1) is 8.09. The van der Waals surface area contributed by atoms with Gasteiger partial charge in [-0.05, 0) is 12.1 Å². The Morgan fingerprint density at radius 1 is 1.18 bits per heavy atom. The van der Waals surface area contributed by atoms with Gasteiger partial charge in [0.25, 0.3) is 0 Å². The van der Waals surface area contributed by atoms with Gasteiger partial charge in [0.2, 0.25) is 0 Å². The summed E-state index contributed by atoms with van der Waals surface area (Å²) in [5, 5.41) is 0.992. The zero-order valence-corrected chi connectivity index (χ0v) is 10.6. The van der Waals surface area contributed by atoms with Gasteiger partial charge < -0.3 is 0 Å². The molecule has 0 radical (unpaired) electrons. The fourth-order valence-electron chi connectivity index (χ4n) is 1.49. The number of benzene rings is 1. The number of carbonyl (C=O) groups is 1. The second kappa shape index (κ2) is 4.86. The van der Waals surface area contributed by atoms with E-state index in [-0.39, 0.29) is 5.78 Å². The summed E-state index contributed by atoms with van der Waals surface area (Å²) in [6.07, 6.45) is 1.62. The highest BCUT2D eigenvalue weighted by molar-refractivity contribution is 6.43. The van der Waals surface area contributed by atoms with E-state index in [4.69, 9.17) is 23.2 Å². The summed E-state index contributed by atoms with van der Waals surface area (Å²) in [4.78, 5) is 15.2. The molecule has 0 saturated carbocycles. The Morgan fingerprint density at radius 2 is 1.94 bits per heavy atom. The van der Waals surface area contributed by atoms with Crippen molar-refractivity contribution in [3.63, 3.8) is 0 Å². The molecule has 1 aromatic heterocycles. The highest BCUT2D eigenvalue weighted by atomic mass is 35.5. The Kier molecular flexibility index (Phi) is 3.46. The van der Waals surface area contributed by atoms with Crippen molar-refractivity contribution in [2.24, 2.45) is 0 Å². The monoisotopic (exact) mass is 265 g/mol. The normalized spacial score (nSPS) is 10.3. The summed E-state index contributed by atoms with van der Waals surface area (Å²) in [5.74, 6) is -0.0614. The Labute approximate surface area is 109 Å². The Morgan fingerprint density at radius 3 is 2.53 bits per heavy atom. The van der Waals surface area contributed by atoms with Crippen molar-refractivity contribution in [1.29, 1.82) is 0 Å². The molecule has 0 unspecified atom stereocenters. The summed E-state index contributed by atoms with van der Waals surface area (Å²) in [6.45, 7) is 1.48. The molecule has 1 heterocycles. The van der Waals surface area contributed by atoms with Gasteiger partial charge in [0.15, 0.2) is 5.78 Å². The molecule has 0 aliphatic carbocycles. The molecule has 0 spiro atoms. The van der Waals surface area contributed by atoms with E-state index in [0.29, 0.717) is 15.7 Å². The van der Waals surface area contributed by atoms with Crippen molar-refractivity contribution in [2.75, 3.05) is 0 Å². The minimum Gasteiger partial charge on any atom is -0.293 e. The second-order valence-electron chi connectivity index (χ2n) is 3.59. The van der Waals surface area contributed by atoms with Crippen LogP contribution in [0.2, 0.25) is 10.0 Å². The van der Waals surface area contributed by atoms with Crippen LogP contribution >= 0.6 is 23.2 Å². The zero-order valence-electron chi connectivity index (χ0n) is 9.08. The van der Waals surface area contributed by atoms with Crippen molar-refractivity contribution in [2.45, 2.75) is 6.92 Å². The molecule has 17 heavy (non-hydrogen) atoms. The number of aromatic nitrogens is 1. The third kappa shape index (κ3) is 2.48. The lowest BCUT2D eigenvalue weighted by Gasteiger charge is -2.05. The van der Waals surface area contributed by atoms with E-state index in [1.165, 1.54) is 6.92 Å². The molecule has 4 heteroatoms. The summed E-state index contributed by atoms with van der Waals surface area (Å²) in [7, 11) is 0. The summed E-state index contributed by atoms with van der Waals surface area (Å²) in [5.41, 5.74) is 2.08. The van der Waals surface area contributed by atoms with Crippen molar-refractivity contribution >= 4 is 29.0 Å². The van der Waals surface area contributed by atoms with Crippen LogP contribution in [0.5, 0.6) is 0 Å². The molecule has 0 saturated heterocycles. The van der Waals surface area contributed by atoms with Gasteiger partial charge in [-0.25, -0.2) is 0 Å². The number of Topliss-reactive ketones (excluding diaryl/α,β-unsaturated/α-hetero) is 1. The molecule has 0 N–H and O–H groups in total. The lowest BCUT2D eigenvalue weighted by Crippen LogP contribution is -1.95. The van der Waals surface area contributed by atoms with Crippen molar-refractivity contribution in [1.82, 2.24) is 4.98 Å². The highest BCUT2D eigenvalue weighted by Crippen LogP contribution is 2.32. The lowest BCUT2D eigenvalue weighted by molar-refractivity contribution is 0.101. The highest BCUT2D eigenvalue weighted by Gasteiger charge is 2.08. The van der Waals surface area contributed by atoms with E-state index in [0.717, 1.165) is 11.1 Å². The first-order valence-corrected chi connectivity index (χ1v) is 5.76. The van der Waals surface area contributed by atoms with Crippen LogP contribution in [0.25, 0.3) is 11.1 Å². The molecule has 0 bridgehead atoms. The average Bonchev–Trinajstić information content (AvgIpc) is 2.33. The number of pyridine rings is 1. The molecule has 0 aliphatic rings. The minimum atomic E-state index is -0.0614. The van der Waals surface area contributed by atoms with Crippen LogP contribution in [0.3, 0.4) is 0 Å². The topological polar surface area (TPSA) is 30.0 Å². The molecule has 1 aromatic carbocycles. The van der Waals surface area contributed by atoms with E-state index >= 15 is 0 Å². The summed E-state index contributed by atoms with van der Waals surface area (Å²) in [6, 6.07) is 8.89. The minimum absolute atomic E-state index is 0.0614. The number of ketones is 1. The van der Waals surface area contributed by atoms with Crippen LogP contribution in [0.15, 0.2) is 36.5 Å². The van der Waals surface area contributed by atoms with Crippen molar-refractivity contribution in [3.05, 3.63) is 52.3 Å². The predicted molar refractivity (Wildman–Crippen MR) is 69.7 cm³/mol. The zero-order chi connectivity index (χ0) is 12.4. The van der Waals surface area contributed by atoms with Crippen LogP contribution in [0.4, 0.5) is 0 Å². The van der Waals surface area contributed by atoms with Gasteiger partial charge in [-0.15, -0.1) is 0 Å². The van der Waals surface area contributed by atoms with Gasteiger partial charge in [0, 0.05) is 24.2 Å². The number of nitrogens with zero attached hydrogens (tertiary/aromatic N) is 1. The van der Waals surface area contributed by atoms with Crippen LogP contribution in [-0.2, 0) is 0 Å². The third-order valence-corrected chi connectivity index (χ3v) is 3.21. The Bertz CT molecular complexity index is 564. The first-order valence-electron chi connectivity index (χ1n) is 5.01. The van der Waals surface area contributed by atoms with Crippen molar-refractivity contribution < 1.29 is 4.79 Å². The molecule has 2 aromatic rings. The molecule has 0 atom stereocenters. The van der Waals surface area contributed by atoms with Gasteiger partial charge in [-0.3, -0.25) is 9.78 Å². The van der Waals surface area contributed by atoms with Gasteiger partial charge in [0.1, 0.15) is 5.69 Å². The van der Waals surface area contributed by atoms with Crippen LogP contribution in [0, 0.1) is 0 Å².